The lowest BCUT2D eigenvalue weighted by atomic mass is 10.4. The van der Waals surface area contributed by atoms with Crippen LogP contribution in [0, 0.1) is 0 Å². The van der Waals surface area contributed by atoms with Gasteiger partial charge in [0.05, 0.1) is 27.7 Å². The third-order valence-corrected chi connectivity index (χ3v) is 3.11. The summed E-state index contributed by atoms with van der Waals surface area (Å²) in [6.07, 6.45) is -0.977. The van der Waals surface area contributed by atoms with Crippen molar-refractivity contribution in [2.75, 3.05) is 47.5 Å². The molecule has 0 aliphatic heterocycles. The molecule has 0 aromatic carbocycles. The van der Waals surface area contributed by atoms with Crippen LogP contribution in [0.3, 0.4) is 0 Å². The van der Waals surface area contributed by atoms with E-state index in [-0.39, 0.29) is 19.7 Å². The molecule has 0 bridgehead atoms. The van der Waals surface area contributed by atoms with Gasteiger partial charge >= 0.3 is 13.8 Å². The molecule has 0 rings (SSSR count). The van der Waals surface area contributed by atoms with Crippen LogP contribution in [0.5, 0.6) is 0 Å². The van der Waals surface area contributed by atoms with Crippen LogP contribution in [0.15, 0.2) is 0 Å². The molecule has 0 heterocycles. The Balaban J connectivity index is 4.24. The fourth-order valence-corrected chi connectivity index (χ4v) is 1.88. The first kappa shape index (κ1) is 20.0. The van der Waals surface area contributed by atoms with Crippen LogP contribution < -0.4 is 0 Å². The third-order valence-electron chi connectivity index (χ3n) is 2.12. The van der Waals surface area contributed by atoms with Crippen LogP contribution in [0.2, 0.25) is 0 Å². The van der Waals surface area contributed by atoms with Crippen molar-refractivity contribution in [1.82, 2.24) is 0 Å². The van der Waals surface area contributed by atoms with Crippen LogP contribution in [0.1, 0.15) is 6.92 Å². The molecule has 0 aliphatic rings. The number of hydrogen-bond acceptors (Lipinski definition) is 7. The monoisotopic (exact) mass is 328 g/mol. The number of carbonyl (C=O) groups is 2. The maximum atomic E-state index is 11.6. The SMILES string of the molecule is CC(=O)OC(COC=O)COP(=O)(O)OCC[N+](C)(C)C. The molecular formula is C11H23NO8P+. The van der Waals surface area contributed by atoms with E-state index in [1.54, 1.807) is 0 Å². The first-order valence-corrected chi connectivity index (χ1v) is 7.70. The number of likely N-dealkylation sites (N-methyl/N-ethyl adjacent to an activating group) is 1. The minimum atomic E-state index is -4.25. The molecule has 0 fully saturated rings. The first-order chi connectivity index (χ1) is 9.56. The molecule has 0 aliphatic carbocycles. The molecule has 124 valence electrons. The fraction of sp³-hybridized carbons (Fsp3) is 0.818. The number of hydrogen-bond donors (Lipinski definition) is 1. The van der Waals surface area contributed by atoms with E-state index in [1.807, 2.05) is 21.1 Å². The highest BCUT2D eigenvalue weighted by Crippen LogP contribution is 2.43. The van der Waals surface area contributed by atoms with E-state index in [1.165, 1.54) is 0 Å². The molecule has 9 nitrogen and oxygen atoms in total. The summed E-state index contributed by atoms with van der Waals surface area (Å²) < 4.78 is 30.9. The zero-order valence-corrected chi connectivity index (χ0v) is 13.6. The summed E-state index contributed by atoms with van der Waals surface area (Å²) in [6, 6.07) is 0. The van der Waals surface area contributed by atoms with Gasteiger partial charge in [0.2, 0.25) is 0 Å². The van der Waals surface area contributed by atoms with Crippen molar-refractivity contribution in [3.8, 4) is 0 Å². The molecule has 2 unspecified atom stereocenters. The molecule has 0 amide bonds. The molecule has 0 aromatic heterocycles. The van der Waals surface area contributed by atoms with Crippen molar-refractivity contribution in [3.05, 3.63) is 0 Å². The van der Waals surface area contributed by atoms with E-state index in [9.17, 15) is 19.0 Å². The Morgan fingerprint density at radius 3 is 2.38 bits per heavy atom. The fourth-order valence-electron chi connectivity index (χ4n) is 1.14. The zero-order chi connectivity index (χ0) is 16.5. The Morgan fingerprint density at radius 1 is 1.29 bits per heavy atom. The highest BCUT2D eigenvalue weighted by Gasteiger charge is 2.25. The van der Waals surface area contributed by atoms with E-state index in [4.69, 9.17) is 13.8 Å². The maximum Gasteiger partial charge on any atom is 0.472 e. The van der Waals surface area contributed by atoms with Gasteiger partial charge < -0.3 is 18.9 Å². The molecular weight excluding hydrogens is 305 g/mol. The van der Waals surface area contributed by atoms with E-state index in [0.717, 1.165) is 6.92 Å². The van der Waals surface area contributed by atoms with Gasteiger partial charge in [-0.15, -0.1) is 0 Å². The summed E-state index contributed by atoms with van der Waals surface area (Å²) in [5, 5.41) is 0. The maximum absolute atomic E-state index is 11.6. The average molecular weight is 328 g/mol. The van der Waals surface area contributed by atoms with Gasteiger partial charge in [-0.3, -0.25) is 18.6 Å². The normalized spacial score (nSPS) is 15.9. The number of phosphoric acid groups is 1. The number of rotatable bonds is 11. The molecule has 2 atom stereocenters. The standard InChI is InChI=1S/C11H22NO8P/c1-10(14)20-11(7-17-9-13)8-19-21(15,16)18-6-5-12(2,3)4/h9,11H,5-8H2,1-4H3/p+1. The van der Waals surface area contributed by atoms with Gasteiger partial charge in [0.1, 0.15) is 19.8 Å². The second kappa shape index (κ2) is 9.11. The Hall–Kier alpha value is -0.990. The third kappa shape index (κ3) is 12.5. The largest absolute Gasteiger partial charge is 0.472 e. The summed E-state index contributed by atoms with van der Waals surface area (Å²) in [5.74, 6) is -0.628. The molecule has 0 saturated heterocycles. The van der Waals surface area contributed by atoms with Gasteiger partial charge in [-0.25, -0.2) is 4.57 Å². The number of quaternary nitrogens is 1. The van der Waals surface area contributed by atoms with Crippen molar-refractivity contribution in [3.63, 3.8) is 0 Å². The average Bonchev–Trinajstić information content (AvgIpc) is 2.30. The highest BCUT2D eigenvalue weighted by molar-refractivity contribution is 7.47. The van der Waals surface area contributed by atoms with Crippen LogP contribution in [0.4, 0.5) is 0 Å². The number of phosphoric ester groups is 1. The van der Waals surface area contributed by atoms with Gasteiger partial charge in [0.15, 0.2) is 6.10 Å². The predicted octanol–water partition coefficient (Wildman–Crippen LogP) is -0.0691. The number of esters is 1. The Bertz CT molecular complexity index is 381. The second-order valence-corrected chi connectivity index (χ2v) is 6.73. The number of carbonyl (C=O) groups excluding carboxylic acids is 2. The van der Waals surface area contributed by atoms with Crippen LogP contribution in [0.25, 0.3) is 0 Å². The van der Waals surface area contributed by atoms with Gasteiger partial charge in [-0.1, -0.05) is 0 Å². The van der Waals surface area contributed by atoms with Crippen LogP contribution >= 0.6 is 7.82 Å². The predicted molar refractivity (Wildman–Crippen MR) is 72.2 cm³/mol. The summed E-state index contributed by atoms with van der Waals surface area (Å²) in [5.41, 5.74) is 0. The van der Waals surface area contributed by atoms with E-state index in [0.29, 0.717) is 11.0 Å². The number of ether oxygens (including phenoxy) is 2. The van der Waals surface area contributed by atoms with E-state index in [2.05, 4.69) is 4.74 Å². The van der Waals surface area contributed by atoms with Crippen LogP contribution in [-0.2, 0) is 32.7 Å². The lowest BCUT2D eigenvalue weighted by Gasteiger charge is -2.24. The molecule has 0 radical (unpaired) electrons. The number of nitrogens with zero attached hydrogens (tertiary/aromatic N) is 1. The van der Waals surface area contributed by atoms with Crippen molar-refractivity contribution < 1.29 is 42.1 Å². The van der Waals surface area contributed by atoms with Gasteiger partial charge in [0.25, 0.3) is 6.47 Å². The molecule has 0 saturated carbocycles. The van der Waals surface area contributed by atoms with Crippen molar-refractivity contribution in [1.29, 1.82) is 0 Å². The highest BCUT2D eigenvalue weighted by atomic mass is 31.2. The second-order valence-electron chi connectivity index (χ2n) is 5.27. The van der Waals surface area contributed by atoms with Crippen molar-refractivity contribution in [2.24, 2.45) is 0 Å². The summed E-state index contributed by atoms with van der Waals surface area (Å²) in [7, 11) is 1.46. The molecule has 0 aromatic rings. The van der Waals surface area contributed by atoms with Crippen LogP contribution in [-0.4, -0.2) is 75.4 Å². The Morgan fingerprint density at radius 2 is 1.90 bits per heavy atom. The molecule has 0 spiro atoms. The minimum Gasteiger partial charge on any atom is -0.464 e. The first-order valence-electron chi connectivity index (χ1n) is 6.20. The van der Waals surface area contributed by atoms with E-state index >= 15 is 0 Å². The zero-order valence-electron chi connectivity index (χ0n) is 12.7. The Kier molecular flexibility index (Phi) is 8.68. The lowest BCUT2D eigenvalue weighted by Crippen LogP contribution is -2.37. The van der Waals surface area contributed by atoms with Gasteiger partial charge in [0, 0.05) is 6.92 Å². The molecule has 1 N–H and O–H groups in total. The van der Waals surface area contributed by atoms with Gasteiger partial charge in [-0.05, 0) is 0 Å². The molecule has 21 heavy (non-hydrogen) atoms. The van der Waals surface area contributed by atoms with Gasteiger partial charge in [-0.2, -0.15) is 0 Å². The molecule has 10 heteroatoms. The minimum absolute atomic E-state index is 0.0281. The van der Waals surface area contributed by atoms with Crippen molar-refractivity contribution >= 4 is 20.3 Å². The van der Waals surface area contributed by atoms with E-state index < -0.39 is 26.5 Å². The summed E-state index contributed by atoms with van der Waals surface area (Å²) >= 11 is 0. The van der Waals surface area contributed by atoms with Crippen molar-refractivity contribution in [2.45, 2.75) is 13.0 Å². The smallest absolute Gasteiger partial charge is 0.464 e. The topological polar surface area (TPSA) is 108 Å². The lowest BCUT2D eigenvalue weighted by molar-refractivity contribution is -0.870. The summed E-state index contributed by atoms with van der Waals surface area (Å²) in [6.45, 7) is 1.17. The summed E-state index contributed by atoms with van der Waals surface area (Å²) in [4.78, 5) is 30.4. The Labute approximate surface area is 123 Å². The quantitative estimate of drug-likeness (QED) is 0.243.